The van der Waals surface area contributed by atoms with Crippen LogP contribution in [0.5, 0.6) is 0 Å². The zero-order valence-electron chi connectivity index (χ0n) is 12.1. The molecule has 2 aliphatic heterocycles. The second-order valence-electron chi connectivity index (χ2n) is 5.62. The summed E-state index contributed by atoms with van der Waals surface area (Å²) in [6.07, 6.45) is -13.0. The molecule has 2 rings (SSSR count). The monoisotopic (exact) mass is 341 g/mol. The van der Waals surface area contributed by atoms with Crippen molar-refractivity contribution in [3.05, 3.63) is 0 Å². The fourth-order valence-electron chi connectivity index (χ4n) is 2.54. The second kappa shape index (κ2) is 7.63. The van der Waals surface area contributed by atoms with Crippen molar-refractivity contribution in [3.8, 4) is 0 Å². The van der Waals surface area contributed by atoms with E-state index in [9.17, 15) is 25.5 Å². The topological polar surface area (TPSA) is 195 Å². The summed E-state index contributed by atoms with van der Waals surface area (Å²) in [7, 11) is 0. The summed E-state index contributed by atoms with van der Waals surface area (Å²) < 4.78 is 15.6. The van der Waals surface area contributed by atoms with Gasteiger partial charge in [0.25, 0.3) is 0 Å². The van der Waals surface area contributed by atoms with Gasteiger partial charge in [0.05, 0.1) is 19.3 Å². The van der Waals surface area contributed by atoms with E-state index in [0.717, 1.165) is 0 Å². The molecule has 0 aromatic carbocycles. The molecule has 23 heavy (non-hydrogen) atoms. The van der Waals surface area contributed by atoms with Crippen molar-refractivity contribution in [1.29, 1.82) is 0 Å². The van der Waals surface area contributed by atoms with E-state index in [4.69, 9.17) is 30.2 Å². The number of aliphatic hydroxyl groups is 7. The molecule has 0 aromatic rings. The molecule has 0 aliphatic carbocycles. The number of hydrogen-bond acceptors (Lipinski definition) is 11. The Morgan fingerprint density at radius 1 is 0.696 bits per heavy atom. The van der Waals surface area contributed by atoms with Crippen LogP contribution >= 0.6 is 0 Å². The van der Waals surface area contributed by atoms with Gasteiger partial charge in [-0.2, -0.15) is 0 Å². The summed E-state index contributed by atoms with van der Waals surface area (Å²) in [4.78, 5) is 0. The van der Waals surface area contributed by atoms with Gasteiger partial charge in [-0.25, -0.2) is 0 Å². The first-order chi connectivity index (χ1) is 10.8. The Labute approximate surface area is 131 Å². The molecule has 0 aromatic heterocycles. The van der Waals surface area contributed by atoms with Gasteiger partial charge in [0.2, 0.25) is 0 Å². The highest BCUT2D eigenvalue weighted by Crippen LogP contribution is 2.27. The zero-order valence-corrected chi connectivity index (χ0v) is 12.1. The SMILES string of the molecule is N[C@H]1C(OC2O[C@H](CO)[C@@H](O)[C@H](O)[C@@H]2O)O[C@H](CO)[C@@H](O)[C@@H]1O. The molecule has 10 atom stereocenters. The predicted octanol–water partition coefficient (Wildman–Crippen LogP) is -5.43. The van der Waals surface area contributed by atoms with Crippen molar-refractivity contribution in [1.82, 2.24) is 0 Å². The highest BCUT2D eigenvalue weighted by molar-refractivity contribution is 4.93. The number of nitrogens with two attached hydrogens (primary N) is 1. The van der Waals surface area contributed by atoms with Gasteiger partial charge in [-0.3, -0.25) is 0 Å². The average Bonchev–Trinajstić information content (AvgIpc) is 2.55. The molecule has 0 saturated carbocycles. The van der Waals surface area contributed by atoms with Crippen molar-refractivity contribution in [2.24, 2.45) is 5.73 Å². The fourth-order valence-corrected chi connectivity index (χ4v) is 2.54. The van der Waals surface area contributed by atoms with Crippen LogP contribution in [0.3, 0.4) is 0 Å². The summed E-state index contributed by atoms with van der Waals surface area (Å²) in [5.74, 6) is 0. The van der Waals surface area contributed by atoms with Crippen LogP contribution in [-0.4, -0.2) is 110 Å². The van der Waals surface area contributed by atoms with Crippen LogP contribution in [0.15, 0.2) is 0 Å². The van der Waals surface area contributed by atoms with Crippen LogP contribution in [0.25, 0.3) is 0 Å². The quantitative estimate of drug-likeness (QED) is 0.243. The van der Waals surface area contributed by atoms with Crippen molar-refractivity contribution in [3.63, 3.8) is 0 Å². The molecule has 136 valence electrons. The number of aliphatic hydroxyl groups excluding tert-OH is 7. The maximum absolute atomic E-state index is 9.88. The van der Waals surface area contributed by atoms with E-state index in [1.54, 1.807) is 0 Å². The first-order valence-corrected chi connectivity index (χ1v) is 7.15. The standard InChI is InChI=1S/C12H23NO10/c13-5-8(18)6(16)3(1-14)21-11(5)23-12-10(20)9(19)7(17)4(2-15)22-12/h3-12,14-20H,1-2,13H2/t3-,4-,5-,6-,7-,8-,9+,10+,11?,12?/m1/s1. The molecule has 11 heteroatoms. The molecular weight excluding hydrogens is 318 g/mol. The van der Waals surface area contributed by atoms with Crippen molar-refractivity contribution < 1.29 is 50.0 Å². The normalized spacial score (nSPS) is 51.7. The number of rotatable bonds is 4. The molecule has 2 heterocycles. The molecule has 2 fully saturated rings. The van der Waals surface area contributed by atoms with E-state index < -0.39 is 74.6 Å². The molecule has 2 unspecified atom stereocenters. The average molecular weight is 341 g/mol. The summed E-state index contributed by atoms with van der Waals surface area (Å²) in [5, 5.41) is 67.0. The van der Waals surface area contributed by atoms with E-state index in [1.807, 2.05) is 0 Å². The Balaban J connectivity index is 2.07. The van der Waals surface area contributed by atoms with Crippen molar-refractivity contribution >= 4 is 0 Å². The zero-order chi connectivity index (χ0) is 17.3. The Morgan fingerprint density at radius 3 is 1.70 bits per heavy atom. The molecular formula is C12H23NO10. The highest BCUT2D eigenvalue weighted by Gasteiger charge is 2.48. The van der Waals surface area contributed by atoms with Gasteiger partial charge < -0.3 is 55.7 Å². The Kier molecular flexibility index (Phi) is 6.27. The van der Waals surface area contributed by atoms with E-state index in [0.29, 0.717) is 0 Å². The molecule has 0 bridgehead atoms. The first kappa shape index (κ1) is 18.9. The maximum atomic E-state index is 9.88. The van der Waals surface area contributed by atoms with Crippen LogP contribution in [-0.2, 0) is 14.2 Å². The smallest absolute Gasteiger partial charge is 0.189 e. The Morgan fingerprint density at radius 2 is 1.17 bits per heavy atom. The van der Waals surface area contributed by atoms with Crippen LogP contribution in [0.2, 0.25) is 0 Å². The Hall–Kier alpha value is -0.440. The van der Waals surface area contributed by atoms with Crippen LogP contribution < -0.4 is 5.73 Å². The van der Waals surface area contributed by atoms with E-state index >= 15 is 0 Å². The summed E-state index contributed by atoms with van der Waals surface area (Å²) in [6, 6.07) is -1.22. The van der Waals surface area contributed by atoms with Crippen LogP contribution in [0.4, 0.5) is 0 Å². The molecule has 0 spiro atoms. The van der Waals surface area contributed by atoms with Gasteiger partial charge in [0.15, 0.2) is 12.6 Å². The minimum Gasteiger partial charge on any atom is -0.394 e. The van der Waals surface area contributed by atoms with E-state index in [2.05, 4.69) is 0 Å². The summed E-state index contributed by atoms with van der Waals surface area (Å²) >= 11 is 0. The Bertz CT molecular complexity index is 349. The van der Waals surface area contributed by atoms with Gasteiger partial charge in [0.1, 0.15) is 42.7 Å². The van der Waals surface area contributed by atoms with E-state index in [-0.39, 0.29) is 0 Å². The number of hydrogen-bond donors (Lipinski definition) is 8. The molecule has 9 N–H and O–H groups in total. The largest absolute Gasteiger partial charge is 0.394 e. The molecule has 0 amide bonds. The molecule has 0 radical (unpaired) electrons. The second-order valence-corrected chi connectivity index (χ2v) is 5.62. The number of ether oxygens (including phenoxy) is 3. The van der Waals surface area contributed by atoms with Gasteiger partial charge in [-0.15, -0.1) is 0 Å². The molecule has 2 saturated heterocycles. The fraction of sp³-hybridized carbons (Fsp3) is 1.00. The van der Waals surface area contributed by atoms with Crippen molar-refractivity contribution in [2.45, 2.75) is 61.3 Å². The molecule has 11 nitrogen and oxygen atoms in total. The van der Waals surface area contributed by atoms with Gasteiger partial charge in [-0.1, -0.05) is 0 Å². The third-order valence-electron chi connectivity index (χ3n) is 4.05. The van der Waals surface area contributed by atoms with Gasteiger partial charge in [0, 0.05) is 0 Å². The van der Waals surface area contributed by atoms with E-state index in [1.165, 1.54) is 0 Å². The highest BCUT2D eigenvalue weighted by atomic mass is 16.8. The summed E-state index contributed by atoms with van der Waals surface area (Å²) in [6.45, 7) is -1.25. The van der Waals surface area contributed by atoms with Crippen LogP contribution in [0, 0.1) is 0 Å². The lowest BCUT2D eigenvalue weighted by atomic mass is 9.97. The first-order valence-electron chi connectivity index (χ1n) is 7.15. The third kappa shape index (κ3) is 3.65. The predicted molar refractivity (Wildman–Crippen MR) is 70.6 cm³/mol. The van der Waals surface area contributed by atoms with Gasteiger partial charge >= 0.3 is 0 Å². The maximum Gasteiger partial charge on any atom is 0.189 e. The lowest BCUT2D eigenvalue weighted by molar-refractivity contribution is -0.361. The minimum absolute atomic E-state index is 0.612. The lowest BCUT2D eigenvalue weighted by Gasteiger charge is -2.45. The van der Waals surface area contributed by atoms with Gasteiger partial charge in [-0.05, 0) is 0 Å². The minimum atomic E-state index is -1.67. The lowest BCUT2D eigenvalue weighted by Crippen LogP contribution is -2.65. The molecule has 2 aliphatic rings. The van der Waals surface area contributed by atoms with Crippen molar-refractivity contribution in [2.75, 3.05) is 13.2 Å². The van der Waals surface area contributed by atoms with Crippen LogP contribution in [0.1, 0.15) is 0 Å². The summed E-state index contributed by atoms with van der Waals surface area (Å²) in [5.41, 5.74) is 5.68. The third-order valence-corrected chi connectivity index (χ3v) is 4.05.